The van der Waals surface area contributed by atoms with Gasteiger partial charge < -0.3 is 4.90 Å². The first kappa shape index (κ1) is 17.2. The number of rotatable bonds is 5. The normalized spacial score (nSPS) is 23.2. The van der Waals surface area contributed by atoms with Gasteiger partial charge in [0, 0.05) is 64.3 Å². The third-order valence-electron chi connectivity index (χ3n) is 5.62. The van der Waals surface area contributed by atoms with E-state index in [9.17, 15) is 4.79 Å². The molecule has 3 saturated heterocycles. The minimum Gasteiger partial charge on any atom is -0.338 e. The lowest BCUT2D eigenvalue weighted by Gasteiger charge is -2.36. The molecule has 3 aliphatic rings. The highest BCUT2D eigenvalue weighted by Crippen LogP contribution is 2.29. The number of hydrogen-bond acceptors (Lipinski definition) is 4. The van der Waals surface area contributed by atoms with E-state index >= 15 is 0 Å². The summed E-state index contributed by atoms with van der Waals surface area (Å²) in [6.45, 7) is 3.90. The van der Waals surface area contributed by atoms with Crippen molar-refractivity contribution < 1.29 is 4.79 Å². The lowest BCUT2D eigenvalue weighted by Crippen LogP contribution is -2.47. The number of piperidine rings is 1. The van der Waals surface area contributed by atoms with E-state index in [0.717, 1.165) is 44.6 Å². The van der Waals surface area contributed by atoms with Crippen molar-refractivity contribution in [1.29, 1.82) is 0 Å². The van der Waals surface area contributed by atoms with Crippen LogP contribution >= 0.6 is 0 Å². The number of amides is 1. The Morgan fingerprint density at radius 1 is 1.19 bits per heavy atom. The molecule has 26 heavy (non-hydrogen) atoms. The Balaban J connectivity index is 1.37. The predicted molar refractivity (Wildman–Crippen MR) is 99.3 cm³/mol. The van der Waals surface area contributed by atoms with Gasteiger partial charge in [-0.05, 0) is 42.4 Å². The van der Waals surface area contributed by atoms with Crippen molar-refractivity contribution >= 4 is 5.91 Å². The smallest absolute Gasteiger partial charge is 0.223 e. The monoisotopic (exact) mass is 353 g/mol. The van der Waals surface area contributed by atoms with Crippen LogP contribution in [0, 0.1) is 5.92 Å². The van der Waals surface area contributed by atoms with E-state index in [1.165, 1.54) is 12.0 Å². The van der Waals surface area contributed by atoms with Crippen molar-refractivity contribution in [2.24, 2.45) is 13.0 Å². The highest BCUT2D eigenvalue weighted by Gasteiger charge is 2.36. The summed E-state index contributed by atoms with van der Waals surface area (Å²) in [6, 6.07) is 4.49. The maximum Gasteiger partial charge on any atom is 0.223 e. The predicted octanol–water partition coefficient (Wildman–Crippen LogP) is 1.87. The topological polar surface area (TPSA) is 54.3 Å². The fourth-order valence-corrected chi connectivity index (χ4v) is 4.36. The first-order valence-corrected chi connectivity index (χ1v) is 9.55. The summed E-state index contributed by atoms with van der Waals surface area (Å²) < 4.78 is 1.80. The van der Waals surface area contributed by atoms with Crippen LogP contribution < -0.4 is 0 Å². The molecule has 0 saturated carbocycles. The highest BCUT2D eigenvalue weighted by molar-refractivity contribution is 5.77. The zero-order valence-corrected chi connectivity index (χ0v) is 15.4. The van der Waals surface area contributed by atoms with Crippen LogP contribution in [0.3, 0.4) is 0 Å². The number of carbonyl (C=O) groups excluding carboxylic acids is 1. The van der Waals surface area contributed by atoms with E-state index in [1.807, 2.05) is 37.9 Å². The molecule has 0 unspecified atom stereocenters. The molecule has 2 aromatic heterocycles. The lowest BCUT2D eigenvalue weighted by atomic mass is 9.94. The molecule has 2 aromatic rings. The van der Waals surface area contributed by atoms with Gasteiger partial charge in [0.15, 0.2) is 0 Å². The molecule has 2 atom stereocenters. The second-order valence-electron chi connectivity index (χ2n) is 7.72. The fraction of sp³-hybridized carbons (Fsp3) is 0.550. The van der Waals surface area contributed by atoms with E-state index in [2.05, 4.69) is 25.9 Å². The third kappa shape index (κ3) is 3.96. The molecule has 0 radical (unpaired) electrons. The number of pyridine rings is 1. The fourth-order valence-electron chi connectivity index (χ4n) is 4.36. The van der Waals surface area contributed by atoms with Crippen LogP contribution in [0.1, 0.15) is 30.4 Å². The molecule has 0 aliphatic carbocycles. The second kappa shape index (κ2) is 7.58. The van der Waals surface area contributed by atoms with Crippen molar-refractivity contribution in [3.05, 3.63) is 48.0 Å². The molecule has 3 fully saturated rings. The van der Waals surface area contributed by atoms with Crippen LogP contribution in [0.25, 0.3) is 0 Å². The van der Waals surface area contributed by atoms with E-state index < -0.39 is 0 Å². The van der Waals surface area contributed by atoms with Gasteiger partial charge in [0.2, 0.25) is 5.91 Å². The third-order valence-corrected chi connectivity index (χ3v) is 5.62. The summed E-state index contributed by atoms with van der Waals surface area (Å²) >= 11 is 0. The largest absolute Gasteiger partial charge is 0.338 e. The zero-order chi connectivity index (χ0) is 17.9. The Morgan fingerprint density at radius 2 is 2.12 bits per heavy atom. The highest BCUT2D eigenvalue weighted by atomic mass is 16.2. The van der Waals surface area contributed by atoms with Gasteiger partial charge in [-0.3, -0.25) is 19.4 Å². The molecule has 5 rings (SSSR count). The van der Waals surface area contributed by atoms with Gasteiger partial charge in [-0.2, -0.15) is 5.10 Å². The van der Waals surface area contributed by atoms with Gasteiger partial charge in [0.25, 0.3) is 0 Å². The summed E-state index contributed by atoms with van der Waals surface area (Å²) in [5, 5.41) is 4.19. The quantitative estimate of drug-likeness (QED) is 0.823. The van der Waals surface area contributed by atoms with E-state index in [4.69, 9.17) is 0 Å². The van der Waals surface area contributed by atoms with Gasteiger partial charge >= 0.3 is 0 Å². The standard InChI is InChI=1S/C20H27N5O/c1-23-11-17(10-22-23)5-7-20(26)25-14-18-4-6-19(25)15-24(13-18)12-16-3-2-8-21-9-16/h2-3,8-11,18-19H,4-7,12-15H2,1H3/t18-,19+/m0/s1. The number of carbonyl (C=O) groups is 1. The van der Waals surface area contributed by atoms with Gasteiger partial charge in [-0.1, -0.05) is 6.07 Å². The molecule has 6 nitrogen and oxygen atoms in total. The van der Waals surface area contributed by atoms with Crippen molar-refractivity contribution in [2.75, 3.05) is 19.6 Å². The molecular formula is C20H27N5O. The van der Waals surface area contributed by atoms with Crippen LogP contribution in [0.2, 0.25) is 0 Å². The van der Waals surface area contributed by atoms with E-state index in [0.29, 0.717) is 24.3 Å². The maximum atomic E-state index is 12.9. The average molecular weight is 353 g/mol. The molecule has 2 bridgehead atoms. The van der Waals surface area contributed by atoms with Crippen molar-refractivity contribution in [3.63, 3.8) is 0 Å². The average Bonchev–Trinajstić information content (AvgIpc) is 2.87. The Morgan fingerprint density at radius 3 is 2.88 bits per heavy atom. The summed E-state index contributed by atoms with van der Waals surface area (Å²) in [6.07, 6.45) is 11.3. The Hall–Kier alpha value is -2.21. The molecule has 5 heterocycles. The van der Waals surface area contributed by atoms with Crippen LogP contribution in [0.15, 0.2) is 36.9 Å². The van der Waals surface area contributed by atoms with Crippen LogP contribution in [-0.4, -0.2) is 56.1 Å². The molecular weight excluding hydrogens is 326 g/mol. The van der Waals surface area contributed by atoms with E-state index in [1.54, 1.807) is 4.68 Å². The van der Waals surface area contributed by atoms with E-state index in [-0.39, 0.29) is 0 Å². The molecule has 6 heteroatoms. The van der Waals surface area contributed by atoms with Gasteiger partial charge in [-0.25, -0.2) is 0 Å². The van der Waals surface area contributed by atoms with Crippen LogP contribution in [-0.2, 0) is 24.8 Å². The van der Waals surface area contributed by atoms with Crippen molar-refractivity contribution in [2.45, 2.75) is 38.3 Å². The zero-order valence-electron chi connectivity index (χ0n) is 15.4. The summed E-state index contributed by atoms with van der Waals surface area (Å²) in [5.41, 5.74) is 2.39. The number of nitrogens with zero attached hydrogens (tertiary/aromatic N) is 5. The van der Waals surface area contributed by atoms with Gasteiger partial charge in [0.1, 0.15) is 0 Å². The number of aromatic nitrogens is 3. The van der Waals surface area contributed by atoms with Crippen LogP contribution in [0.5, 0.6) is 0 Å². The Labute approximate surface area is 154 Å². The molecule has 3 aliphatic heterocycles. The lowest BCUT2D eigenvalue weighted by molar-refractivity contribution is -0.135. The van der Waals surface area contributed by atoms with Gasteiger partial charge in [0.05, 0.1) is 6.20 Å². The Kier molecular flexibility index (Phi) is 5.02. The van der Waals surface area contributed by atoms with Gasteiger partial charge in [-0.15, -0.1) is 0 Å². The Bertz CT molecular complexity index is 744. The number of hydrogen-bond donors (Lipinski definition) is 0. The summed E-state index contributed by atoms with van der Waals surface area (Å²) in [5.74, 6) is 0.888. The first-order valence-electron chi connectivity index (χ1n) is 9.55. The SMILES string of the molecule is Cn1cc(CCC(=O)N2C[C@H]3CC[C@@H]2CN(Cc2cccnc2)C3)cn1. The second-order valence-corrected chi connectivity index (χ2v) is 7.72. The van der Waals surface area contributed by atoms with Crippen molar-refractivity contribution in [3.8, 4) is 0 Å². The first-order chi connectivity index (χ1) is 12.7. The summed E-state index contributed by atoms with van der Waals surface area (Å²) in [4.78, 5) is 21.8. The molecule has 138 valence electrons. The molecule has 1 amide bonds. The molecule has 0 spiro atoms. The molecule has 0 aromatic carbocycles. The minimum absolute atomic E-state index is 0.298. The number of aryl methyl sites for hydroxylation is 2. The van der Waals surface area contributed by atoms with Crippen molar-refractivity contribution in [1.82, 2.24) is 24.6 Å². The molecule has 0 N–H and O–H groups in total. The minimum atomic E-state index is 0.298. The number of fused-ring (bicyclic) bond motifs is 4. The summed E-state index contributed by atoms with van der Waals surface area (Å²) in [7, 11) is 1.91. The maximum absolute atomic E-state index is 12.9. The van der Waals surface area contributed by atoms with Crippen LogP contribution in [0.4, 0.5) is 0 Å².